The number of hydrogen-bond acceptors (Lipinski definition) is 4. The van der Waals surface area contributed by atoms with Crippen molar-refractivity contribution in [1.29, 1.82) is 0 Å². The van der Waals surface area contributed by atoms with Gasteiger partial charge < -0.3 is 20.5 Å². The van der Waals surface area contributed by atoms with Gasteiger partial charge in [-0.2, -0.15) is 0 Å². The van der Waals surface area contributed by atoms with Gasteiger partial charge >= 0.3 is 6.09 Å². The number of nitrogens with one attached hydrogen (secondary N) is 1. The van der Waals surface area contributed by atoms with Crippen molar-refractivity contribution in [3.8, 4) is 5.75 Å². The molecule has 0 bridgehead atoms. The highest BCUT2D eigenvalue weighted by molar-refractivity contribution is 6.30. The van der Waals surface area contributed by atoms with E-state index in [2.05, 4.69) is 5.32 Å². The Morgan fingerprint density at radius 3 is 2.52 bits per heavy atom. The number of hydrogen-bond donors (Lipinski definition) is 2. The predicted molar refractivity (Wildman–Crippen MR) is 88.6 cm³/mol. The fourth-order valence-electron chi connectivity index (χ4n) is 1.97. The quantitative estimate of drug-likeness (QED) is 0.831. The zero-order chi connectivity index (χ0) is 17.6. The second-order valence-corrected chi connectivity index (χ2v) is 6.58. The standard InChI is InChI=1S/C16H23ClN2O4/c1-16(2,3)23-15(21)19-9-11(14(18)20)7-10-8-12(17)5-6-13(10)22-4/h5-6,8,11H,7,9H2,1-4H3,(H2,18,20)(H,19,21)/t11-/m1/s1. The first kappa shape index (κ1) is 19.1. The third-order valence-electron chi connectivity index (χ3n) is 3.00. The molecule has 0 saturated carbocycles. The molecule has 0 aromatic heterocycles. The van der Waals surface area contributed by atoms with Gasteiger partial charge in [0.15, 0.2) is 0 Å². The van der Waals surface area contributed by atoms with Gasteiger partial charge in [0, 0.05) is 11.6 Å². The van der Waals surface area contributed by atoms with Crippen molar-refractivity contribution in [2.24, 2.45) is 11.7 Å². The molecule has 0 fully saturated rings. The summed E-state index contributed by atoms with van der Waals surface area (Å²) in [6.07, 6.45) is -0.295. The third kappa shape index (κ3) is 6.78. The van der Waals surface area contributed by atoms with Gasteiger partial charge in [0.1, 0.15) is 11.4 Å². The first-order valence-electron chi connectivity index (χ1n) is 7.21. The number of halogens is 1. The summed E-state index contributed by atoms with van der Waals surface area (Å²) < 4.78 is 10.4. The van der Waals surface area contributed by atoms with Gasteiger partial charge in [-0.1, -0.05) is 11.6 Å². The van der Waals surface area contributed by atoms with Crippen LogP contribution in [0.1, 0.15) is 26.3 Å². The van der Waals surface area contributed by atoms with Crippen molar-refractivity contribution in [2.75, 3.05) is 13.7 Å². The van der Waals surface area contributed by atoms with Crippen LogP contribution in [0.5, 0.6) is 5.75 Å². The lowest BCUT2D eigenvalue weighted by Crippen LogP contribution is -2.39. The molecule has 2 amide bonds. The van der Waals surface area contributed by atoms with Crippen LogP contribution in [0.15, 0.2) is 18.2 Å². The molecule has 0 radical (unpaired) electrons. The Labute approximate surface area is 141 Å². The van der Waals surface area contributed by atoms with Crippen LogP contribution in [0, 0.1) is 5.92 Å². The lowest BCUT2D eigenvalue weighted by molar-refractivity contribution is -0.121. The highest BCUT2D eigenvalue weighted by atomic mass is 35.5. The van der Waals surface area contributed by atoms with Crippen molar-refractivity contribution in [1.82, 2.24) is 5.32 Å². The number of amides is 2. The number of rotatable bonds is 6. The van der Waals surface area contributed by atoms with Gasteiger partial charge in [0.2, 0.25) is 5.91 Å². The number of methoxy groups -OCH3 is 1. The molecule has 1 rings (SSSR count). The molecule has 0 spiro atoms. The summed E-state index contributed by atoms with van der Waals surface area (Å²) >= 11 is 5.98. The Hall–Kier alpha value is -1.95. The van der Waals surface area contributed by atoms with Crippen LogP contribution in [0.3, 0.4) is 0 Å². The molecule has 3 N–H and O–H groups in total. The number of carbonyl (C=O) groups is 2. The number of nitrogens with two attached hydrogens (primary N) is 1. The fourth-order valence-corrected chi connectivity index (χ4v) is 2.16. The first-order valence-corrected chi connectivity index (χ1v) is 7.58. The van der Waals surface area contributed by atoms with Crippen LogP contribution in [-0.4, -0.2) is 31.3 Å². The van der Waals surface area contributed by atoms with E-state index in [1.165, 1.54) is 7.11 Å². The number of ether oxygens (including phenoxy) is 2. The Kier molecular flexibility index (Phi) is 6.69. The van der Waals surface area contributed by atoms with Crippen molar-refractivity contribution < 1.29 is 19.1 Å². The van der Waals surface area contributed by atoms with E-state index in [1.807, 2.05) is 0 Å². The maximum Gasteiger partial charge on any atom is 0.407 e. The second-order valence-electron chi connectivity index (χ2n) is 6.14. The molecule has 1 aromatic carbocycles. The number of benzene rings is 1. The maximum atomic E-state index is 11.7. The first-order chi connectivity index (χ1) is 10.6. The molecule has 6 nitrogen and oxygen atoms in total. The highest BCUT2D eigenvalue weighted by Gasteiger charge is 2.21. The summed E-state index contributed by atoms with van der Waals surface area (Å²) in [5.41, 5.74) is 5.56. The van der Waals surface area contributed by atoms with Gasteiger partial charge in [-0.15, -0.1) is 0 Å². The minimum absolute atomic E-state index is 0.0694. The Balaban J connectivity index is 2.75. The van der Waals surface area contributed by atoms with E-state index < -0.39 is 23.5 Å². The molecule has 0 aliphatic carbocycles. The van der Waals surface area contributed by atoms with E-state index in [9.17, 15) is 9.59 Å². The molecule has 1 atom stereocenters. The van der Waals surface area contributed by atoms with Crippen LogP contribution in [0.2, 0.25) is 5.02 Å². The lowest BCUT2D eigenvalue weighted by atomic mass is 9.98. The molecule has 0 unspecified atom stereocenters. The summed E-state index contributed by atoms with van der Waals surface area (Å²) in [5, 5.41) is 3.09. The molecule has 1 aromatic rings. The van der Waals surface area contributed by atoms with E-state index in [-0.39, 0.29) is 6.54 Å². The average molecular weight is 343 g/mol. The zero-order valence-corrected chi connectivity index (χ0v) is 14.6. The smallest absolute Gasteiger partial charge is 0.407 e. The number of primary amides is 1. The van der Waals surface area contributed by atoms with Gasteiger partial charge in [0.05, 0.1) is 13.0 Å². The van der Waals surface area contributed by atoms with Gasteiger partial charge in [-0.3, -0.25) is 4.79 Å². The summed E-state index contributed by atoms with van der Waals surface area (Å²) in [4.78, 5) is 23.3. The topological polar surface area (TPSA) is 90.7 Å². The summed E-state index contributed by atoms with van der Waals surface area (Å²) in [6, 6.07) is 5.13. The van der Waals surface area contributed by atoms with Crippen molar-refractivity contribution in [2.45, 2.75) is 32.8 Å². The van der Waals surface area contributed by atoms with Gasteiger partial charge in [-0.05, 0) is 51.0 Å². The van der Waals surface area contributed by atoms with E-state index in [0.29, 0.717) is 17.2 Å². The van der Waals surface area contributed by atoms with Gasteiger partial charge in [-0.25, -0.2) is 4.79 Å². The van der Waals surface area contributed by atoms with Crippen LogP contribution in [0.25, 0.3) is 0 Å². The van der Waals surface area contributed by atoms with Gasteiger partial charge in [0.25, 0.3) is 0 Å². The van der Waals surface area contributed by atoms with Crippen molar-refractivity contribution in [3.05, 3.63) is 28.8 Å². The summed E-state index contributed by atoms with van der Waals surface area (Å²) in [7, 11) is 1.53. The second kappa shape index (κ2) is 8.06. The maximum absolute atomic E-state index is 11.7. The Bertz CT molecular complexity index is 570. The van der Waals surface area contributed by atoms with E-state index in [0.717, 1.165) is 5.56 Å². The number of alkyl carbamates (subject to hydrolysis) is 1. The lowest BCUT2D eigenvalue weighted by Gasteiger charge is -2.21. The normalized spacial score (nSPS) is 12.4. The highest BCUT2D eigenvalue weighted by Crippen LogP contribution is 2.25. The minimum atomic E-state index is -0.609. The molecular formula is C16H23ClN2O4. The summed E-state index contributed by atoms with van der Waals surface area (Å²) in [6.45, 7) is 5.35. The molecular weight excluding hydrogens is 320 g/mol. The Morgan fingerprint density at radius 1 is 1.35 bits per heavy atom. The monoisotopic (exact) mass is 342 g/mol. The molecule has 128 valence electrons. The molecule has 23 heavy (non-hydrogen) atoms. The SMILES string of the molecule is COc1ccc(Cl)cc1C[C@H](CNC(=O)OC(C)(C)C)C(N)=O. The van der Waals surface area contributed by atoms with Crippen LogP contribution in [0.4, 0.5) is 4.79 Å². The number of carbonyl (C=O) groups excluding carboxylic acids is 2. The molecule has 0 aliphatic heterocycles. The van der Waals surface area contributed by atoms with E-state index >= 15 is 0 Å². The van der Waals surface area contributed by atoms with Crippen LogP contribution in [-0.2, 0) is 16.0 Å². The van der Waals surface area contributed by atoms with Crippen molar-refractivity contribution in [3.63, 3.8) is 0 Å². The molecule has 7 heteroatoms. The molecule has 0 heterocycles. The van der Waals surface area contributed by atoms with E-state index in [4.69, 9.17) is 26.8 Å². The van der Waals surface area contributed by atoms with Crippen LogP contribution >= 0.6 is 11.6 Å². The zero-order valence-electron chi connectivity index (χ0n) is 13.8. The summed E-state index contributed by atoms with van der Waals surface area (Å²) in [5.74, 6) is -0.518. The fraction of sp³-hybridized carbons (Fsp3) is 0.500. The third-order valence-corrected chi connectivity index (χ3v) is 3.24. The predicted octanol–water partition coefficient (Wildman–Crippen LogP) is 2.52. The van der Waals surface area contributed by atoms with E-state index in [1.54, 1.807) is 39.0 Å². The molecule has 0 saturated heterocycles. The Morgan fingerprint density at radius 2 is 2.00 bits per heavy atom. The molecule has 0 aliphatic rings. The largest absolute Gasteiger partial charge is 0.496 e. The minimum Gasteiger partial charge on any atom is -0.496 e. The average Bonchev–Trinajstić information content (AvgIpc) is 2.41. The van der Waals surface area contributed by atoms with Crippen LogP contribution < -0.4 is 15.8 Å². The van der Waals surface area contributed by atoms with Crippen molar-refractivity contribution >= 4 is 23.6 Å².